The number of guanidine groups is 1. The molecule has 3 unspecified atom stereocenters. The van der Waals surface area contributed by atoms with Gasteiger partial charge in [0, 0.05) is 37.7 Å². The topological polar surface area (TPSA) is 60.1 Å². The van der Waals surface area contributed by atoms with E-state index in [2.05, 4.69) is 34.9 Å². The van der Waals surface area contributed by atoms with Gasteiger partial charge in [0.25, 0.3) is 0 Å². The number of aliphatic imine (C=N–C) groups is 1. The summed E-state index contributed by atoms with van der Waals surface area (Å²) in [6.07, 6.45) is 6.97. The Morgan fingerprint density at radius 2 is 2.13 bits per heavy atom. The highest BCUT2D eigenvalue weighted by Crippen LogP contribution is 2.74. The number of nitrogens with two attached hydrogens (primary N) is 1. The molecule has 1 heterocycles. The van der Waals surface area contributed by atoms with Crippen LogP contribution in [0.1, 0.15) is 48.8 Å². The van der Waals surface area contributed by atoms with Crippen LogP contribution in [0.3, 0.4) is 0 Å². The zero-order valence-corrected chi connectivity index (χ0v) is 17.8. The Morgan fingerprint density at radius 3 is 2.90 bits per heavy atom. The van der Waals surface area contributed by atoms with E-state index in [9.17, 15) is 0 Å². The van der Waals surface area contributed by atoms with E-state index in [1.165, 1.54) is 35.2 Å². The molecule has 2 N–H and O–H groups in total. The molecule has 0 radical (unpaired) electrons. The van der Waals surface area contributed by atoms with Crippen molar-refractivity contribution in [2.24, 2.45) is 22.1 Å². The zero-order valence-electron chi connectivity index (χ0n) is 17.8. The van der Waals surface area contributed by atoms with Crippen molar-refractivity contribution in [1.29, 1.82) is 0 Å². The SMILES string of the molecule is COCCN1C(N)=NC23C1=C1CC(OC)CCC12Cc1ccc(C#CC2CC2)cc13. The molecule has 5 heteroatoms. The van der Waals surface area contributed by atoms with Gasteiger partial charge in [0.1, 0.15) is 5.54 Å². The van der Waals surface area contributed by atoms with Gasteiger partial charge in [-0.1, -0.05) is 17.9 Å². The molecule has 2 spiro atoms. The summed E-state index contributed by atoms with van der Waals surface area (Å²) in [5.41, 5.74) is 12.9. The van der Waals surface area contributed by atoms with Crippen molar-refractivity contribution in [3.05, 3.63) is 46.2 Å². The lowest BCUT2D eigenvalue weighted by molar-refractivity contribution is 0.0164. The highest BCUT2D eigenvalue weighted by Gasteiger charge is 2.73. The second-order valence-corrected chi connectivity index (χ2v) is 9.43. The summed E-state index contributed by atoms with van der Waals surface area (Å²) in [5, 5.41) is 0. The Morgan fingerprint density at radius 1 is 1.27 bits per heavy atom. The average molecular weight is 404 g/mol. The van der Waals surface area contributed by atoms with Gasteiger partial charge in [0.15, 0.2) is 5.96 Å². The van der Waals surface area contributed by atoms with Crippen LogP contribution in [0.4, 0.5) is 0 Å². The van der Waals surface area contributed by atoms with Crippen LogP contribution in [0.5, 0.6) is 0 Å². The van der Waals surface area contributed by atoms with E-state index in [-0.39, 0.29) is 17.1 Å². The second-order valence-electron chi connectivity index (χ2n) is 9.43. The van der Waals surface area contributed by atoms with Crippen molar-refractivity contribution >= 4 is 5.96 Å². The normalized spacial score (nSPS) is 33.1. The summed E-state index contributed by atoms with van der Waals surface area (Å²) < 4.78 is 11.1. The van der Waals surface area contributed by atoms with Crippen LogP contribution in [-0.2, 0) is 21.4 Å². The monoisotopic (exact) mass is 403 g/mol. The van der Waals surface area contributed by atoms with Crippen molar-refractivity contribution in [2.45, 2.75) is 50.2 Å². The molecular weight excluding hydrogens is 374 g/mol. The molecule has 0 bridgehead atoms. The van der Waals surface area contributed by atoms with Crippen LogP contribution in [0.25, 0.3) is 0 Å². The van der Waals surface area contributed by atoms with Crippen LogP contribution in [-0.4, -0.2) is 44.3 Å². The Labute approximate surface area is 178 Å². The number of methoxy groups -OCH3 is 2. The molecule has 2 fully saturated rings. The van der Waals surface area contributed by atoms with Gasteiger partial charge in [-0.3, -0.25) is 0 Å². The van der Waals surface area contributed by atoms with Crippen LogP contribution >= 0.6 is 0 Å². The number of nitrogens with zero attached hydrogens (tertiary/aromatic N) is 2. The lowest BCUT2D eigenvalue weighted by atomic mass is 9.49. The van der Waals surface area contributed by atoms with Gasteiger partial charge >= 0.3 is 0 Å². The molecule has 5 aliphatic rings. The zero-order chi connectivity index (χ0) is 20.5. The third-order valence-electron chi connectivity index (χ3n) is 7.89. The van der Waals surface area contributed by atoms with Gasteiger partial charge in [-0.05, 0) is 67.4 Å². The molecule has 5 nitrogen and oxygen atoms in total. The van der Waals surface area contributed by atoms with E-state index in [0.29, 0.717) is 18.5 Å². The maximum Gasteiger partial charge on any atom is 0.197 e. The lowest BCUT2D eigenvalue weighted by Crippen LogP contribution is -2.58. The summed E-state index contributed by atoms with van der Waals surface area (Å²) in [6.45, 7) is 1.36. The van der Waals surface area contributed by atoms with Crippen LogP contribution < -0.4 is 5.73 Å². The molecule has 0 aromatic heterocycles. The van der Waals surface area contributed by atoms with Gasteiger partial charge in [-0.15, -0.1) is 0 Å². The fraction of sp³-hybridized carbons (Fsp3) is 0.560. The number of fused-ring (bicyclic) bond motifs is 1. The van der Waals surface area contributed by atoms with Crippen molar-refractivity contribution in [3.8, 4) is 11.8 Å². The first kappa shape index (κ1) is 18.5. The van der Waals surface area contributed by atoms with E-state index in [1.807, 2.05) is 7.11 Å². The minimum absolute atomic E-state index is 0.0503. The Bertz CT molecular complexity index is 1040. The van der Waals surface area contributed by atoms with Crippen molar-refractivity contribution < 1.29 is 9.47 Å². The molecular formula is C25H29N3O2. The third kappa shape index (κ3) is 2.24. The lowest BCUT2D eigenvalue weighted by Gasteiger charge is -2.58. The van der Waals surface area contributed by atoms with E-state index >= 15 is 0 Å². The first-order valence-electron chi connectivity index (χ1n) is 11.2. The molecule has 1 aromatic carbocycles. The second kappa shape index (κ2) is 6.35. The standard InChI is InChI=1S/C25H29N3O2/c1-29-12-11-28-22-21-14-19(30-2)9-10-24(21)15-18-8-7-17(6-5-16-3-4-16)13-20(18)25(22,24)27-23(28)26/h7-8,13,16,19H,3-4,9-12,14-15H2,1-2H3,(H2,26,27). The van der Waals surface area contributed by atoms with Gasteiger partial charge in [0.2, 0.25) is 0 Å². The summed E-state index contributed by atoms with van der Waals surface area (Å²) in [5.74, 6) is 8.05. The minimum Gasteiger partial charge on any atom is -0.383 e. The molecule has 30 heavy (non-hydrogen) atoms. The van der Waals surface area contributed by atoms with Crippen molar-refractivity contribution in [2.75, 3.05) is 27.4 Å². The predicted molar refractivity (Wildman–Crippen MR) is 116 cm³/mol. The maximum atomic E-state index is 6.54. The van der Waals surface area contributed by atoms with E-state index in [0.717, 1.165) is 37.8 Å². The highest BCUT2D eigenvalue weighted by molar-refractivity contribution is 5.88. The summed E-state index contributed by atoms with van der Waals surface area (Å²) in [7, 11) is 3.56. The molecule has 2 saturated carbocycles. The van der Waals surface area contributed by atoms with Crippen LogP contribution in [0, 0.1) is 23.2 Å². The van der Waals surface area contributed by atoms with Gasteiger partial charge in [-0.25, -0.2) is 4.99 Å². The minimum atomic E-state index is -0.342. The first-order chi connectivity index (χ1) is 14.6. The number of benzene rings is 1. The number of rotatable bonds is 4. The Kier molecular flexibility index (Phi) is 3.91. The highest BCUT2D eigenvalue weighted by atomic mass is 16.5. The van der Waals surface area contributed by atoms with E-state index < -0.39 is 0 Å². The Hall–Kier alpha value is -2.29. The maximum absolute atomic E-state index is 6.54. The molecule has 0 amide bonds. The third-order valence-corrected chi connectivity index (χ3v) is 7.89. The summed E-state index contributed by atoms with van der Waals surface area (Å²) in [4.78, 5) is 7.42. The molecule has 4 aliphatic carbocycles. The summed E-state index contributed by atoms with van der Waals surface area (Å²) >= 11 is 0. The van der Waals surface area contributed by atoms with Crippen LogP contribution in [0.2, 0.25) is 0 Å². The fourth-order valence-electron chi connectivity index (χ4n) is 6.32. The molecule has 156 valence electrons. The van der Waals surface area contributed by atoms with Crippen molar-refractivity contribution in [3.63, 3.8) is 0 Å². The molecule has 1 aromatic rings. The number of hydrogen-bond donors (Lipinski definition) is 1. The molecule has 1 aliphatic heterocycles. The average Bonchev–Trinajstić information content (AvgIpc) is 3.51. The van der Waals surface area contributed by atoms with Gasteiger partial charge in [0.05, 0.1) is 18.4 Å². The van der Waals surface area contributed by atoms with Crippen molar-refractivity contribution in [1.82, 2.24) is 4.90 Å². The van der Waals surface area contributed by atoms with E-state index in [1.54, 1.807) is 7.11 Å². The smallest absolute Gasteiger partial charge is 0.197 e. The largest absolute Gasteiger partial charge is 0.383 e. The number of hydrogen-bond acceptors (Lipinski definition) is 5. The van der Waals surface area contributed by atoms with Gasteiger partial charge in [-0.2, -0.15) is 0 Å². The molecule has 3 atom stereocenters. The van der Waals surface area contributed by atoms with Crippen LogP contribution in [0.15, 0.2) is 34.5 Å². The number of ether oxygens (including phenoxy) is 2. The quantitative estimate of drug-likeness (QED) is 0.786. The Balaban J connectivity index is 1.49. The predicted octanol–water partition coefficient (Wildman–Crippen LogP) is 2.93. The summed E-state index contributed by atoms with van der Waals surface area (Å²) in [6, 6.07) is 6.78. The van der Waals surface area contributed by atoms with Gasteiger partial charge < -0.3 is 20.1 Å². The van der Waals surface area contributed by atoms with E-state index in [4.69, 9.17) is 20.2 Å². The molecule has 0 saturated heterocycles. The first-order valence-corrected chi connectivity index (χ1v) is 11.2. The fourth-order valence-corrected chi connectivity index (χ4v) is 6.32. The molecule has 6 rings (SSSR count).